The van der Waals surface area contributed by atoms with E-state index >= 15 is 0 Å². The number of hydrogen-bond acceptors (Lipinski definition) is 3. The molecule has 3 rings (SSSR count). The second-order valence-electron chi connectivity index (χ2n) is 6.70. The Hall–Kier alpha value is -1.49. The first-order valence-corrected chi connectivity index (χ1v) is 9.34. The highest BCUT2D eigenvalue weighted by Crippen LogP contribution is 2.30. The predicted octanol–water partition coefficient (Wildman–Crippen LogP) is 3.98. The lowest BCUT2D eigenvalue weighted by Crippen LogP contribution is -2.46. The van der Waals surface area contributed by atoms with Gasteiger partial charge in [0.25, 0.3) is 0 Å². The molecule has 1 fully saturated rings. The average Bonchev–Trinajstić information content (AvgIpc) is 2.93. The summed E-state index contributed by atoms with van der Waals surface area (Å²) in [4.78, 5) is 20.3. The first-order valence-electron chi connectivity index (χ1n) is 8.46. The molecule has 1 aliphatic carbocycles. The van der Waals surface area contributed by atoms with Crippen LogP contribution in [-0.2, 0) is 4.79 Å². The maximum absolute atomic E-state index is 12.5. The summed E-state index contributed by atoms with van der Waals surface area (Å²) in [7, 11) is 0. The molecule has 1 aliphatic rings. The lowest BCUT2D eigenvalue weighted by atomic mass is 9.78. The fourth-order valence-electron chi connectivity index (χ4n) is 3.29. The quantitative estimate of drug-likeness (QED) is 0.833. The van der Waals surface area contributed by atoms with Gasteiger partial charge in [0.2, 0.25) is 5.91 Å². The molecule has 0 spiro atoms. The predicted molar refractivity (Wildman–Crippen MR) is 95.5 cm³/mol. The van der Waals surface area contributed by atoms with Gasteiger partial charge in [-0.25, -0.2) is 4.98 Å². The van der Waals surface area contributed by atoms with Crippen molar-refractivity contribution in [2.24, 2.45) is 11.8 Å². The summed E-state index contributed by atoms with van der Waals surface area (Å²) in [5, 5.41) is 3.90. The van der Waals surface area contributed by atoms with Crippen LogP contribution in [0.5, 0.6) is 0 Å². The third-order valence-corrected chi connectivity index (χ3v) is 6.04. The molecule has 1 aromatic carbocycles. The number of nitrogens with zero attached hydrogens (tertiary/aromatic N) is 1. The van der Waals surface area contributed by atoms with Crippen LogP contribution >= 0.6 is 11.8 Å². The molecule has 23 heavy (non-hydrogen) atoms. The molecule has 2 N–H and O–H groups in total. The number of benzene rings is 1. The Bertz CT molecular complexity index is 651. The number of thioether (sulfide) groups is 1. The molecule has 2 aromatic rings. The number of aromatic amines is 1. The maximum Gasteiger partial charge on any atom is 0.233 e. The van der Waals surface area contributed by atoms with E-state index in [1.54, 1.807) is 0 Å². The Morgan fingerprint density at radius 1 is 1.35 bits per heavy atom. The van der Waals surface area contributed by atoms with Crippen LogP contribution in [0.3, 0.4) is 0 Å². The van der Waals surface area contributed by atoms with Crippen molar-refractivity contribution in [2.75, 3.05) is 0 Å². The number of hydrogen-bond donors (Lipinski definition) is 2. The fraction of sp³-hybridized carbons (Fsp3) is 0.556. The summed E-state index contributed by atoms with van der Waals surface area (Å²) in [5.74, 6) is 1.35. The van der Waals surface area contributed by atoms with Crippen LogP contribution in [0.2, 0.25) is 0 Å². The minimum Gasteiger partial charge on any atom is -0.352 e. The minimum absolute atomic E-state index is 0.112. The molecule has 1 saturated carbocycles. The summed E-state index contributed by atoms with van der Waals surface area (Å²) in [6.07, 6.45) is 3.58. The van der Waals surface area contributed by atoms with Gasteiger partial charge in [0.1, 0.15) is 0 Å². The zero-order chi connectivity index (χ0) is 16.4. The van der Waals surface area contributed by atoms with Gasteiger partial charge in [-0.1, -0.05) is 50.6 Å². The summed E-state index contributed by atoms with van der Waals surface area (Å²) >= 11 is 1.49. The standard InChI is InChI=1S/C18H25N3OS/c1-11-7-6-10-14(12(11)2)19-17(22)13(3)23-18-20-15-8-4-5-9-16(15)21-18/h4-5,8-9,11-14H,6-7,10H2,1-3H3,(H,19,22)(H,20,21)/t11-,12-,13-,14-/m1/s1. The number of para-hydroxylation sites is 2. The van der Waals surface area contributed by atoms with Crippen molar-refractivity contribution in [3.05, 3.63) is 24.3 Å². The third-order valence-electron chi connectivity index (χ3n) is 5.06. The molecule has 5 heteroatoms. The summed E-state index contributed by atoms with van der Waals surface area (Å²) < 4.78 is 0. The van der Waals surface area contributed by atoms with Crippen molar-refractivity contribution in [2.45, 2.75) is 56.5 Å². The Labute approximate surface area is 141 Å². The third kappa shape index (κ3) is 3.71. The van der Waals surface area contributed by atoms with Crippen LogP contribution in [0, 0.1) is 11.8 Å². The monoisotopic (exact) mass is 331 g/mol. The topological polar surface area (TPSA) is 57.8 Å². The Morgan fingerprint density at radius 2 is 2.13 bits per heavy atom. The number of carbonyl (C=O) groups excluding carboxylic acids is 1. The second kappa shape index (κ2) is 6.95. The smallest absolute Gasteiger partial charge is 0.233 e. The van der Waals surface area contributed by atoms with Gasteiger partial charge in [0.05, 0.1) is 16.3 Å². The highest BCUT2D eigenvalue weighted by atomic mass is 32.2. The lowest BCUT2D eigenvalue weighted by Gasteiger charge is -2.35. The number of H-pyrrole nitrogens is 1. The van der Waals surface area contributed by atoms with Crippen LogP contribution < -0.4 is 5.32 Å². The number of carbonyl (C=O) groups is 1. The van der Waals surface area contributed by atoms with Crippen molar-refractivity contribution in [1.82, 2.24) is 15.3 Å². The van der Waals surface area contributed by atoms with Gasteiger partial charge in [-0.2, -0.15) is 0 Å². The largest absolute Gasteiger partial charge is 0.352 e. The van der Waals surface area contributed by atoms with Gasteiger partial charge in [-0.15, -0.1) is 0 Å². The van der Waals surface area contributed by atoms with Gasteiger partial charge in [0.15, 0.2) is 5.16 Å². The molecule has 0 unspecified atom stereocenters. The number of aromatic nitrogens is 2. The number of nitrogens with one attached hydrogen (secondary N) is 2. The summed E-state index contributed by atoms with van der Waals surface area (Å²) in [5.41, 5.74) is 1.95. The molecule has 4 atom stereocenters. The zero-order valence-corrected chi connectivity index (χ0v) is 14.8. The van der Waals surface area contributed by atoms with Crippen molar-refractivity contribution in [3.63, 3.8) is 0 Å². The van der Waals surface area contributed by atoms with Crippen molar-refractivity contribution < 1.29 is 4.79 Å². The van der Waals surface area contributed by atoms with E-state index in [0.29, 0.717) is 17.9 Å². The normalized spacial score (nSPS) is 26.1. The van der Waals surface area contributed by atoms with Crippen molar-refractivity contribution in [1.29, 1.82) is 0 Å². The van der Waals surface area contributed by atoms with Gasteiger partial charge >= 0.3 is 0 Å². The van der Waals surface area contributed by atoms with Crippen molar-refractivity contribution in [3.8, 4) is 0 Å². The molecule has 0 aliphatic heterocycles. The number of rotatable bonds is 4. The van der Waals surface area contributed by atoms with Gasteiger partial charge in [0, 0.05) is 6.04 Å². The highest BCUT2D eigenvalue weighted by Gasteiger charge is 2.29. The number of fused-ring (bicyclic) bond motifs is 1. The zero-order valence-electron chi connectivity index (χ0n) is 14.0. The first-order chi connectivity index (χ1) is 11.0. The van der Waals surface area contributed by atoms with Crippen LogP contribution in [0.25, 0.3) is 11.0 Å². The fourth-order valence-corrected chi connectivity index (χ4v) is 4.12. The van der Waals surface area contributed by atoms with Crippen LogP contribution in [-0.4, -0.2) is 27.2 Å². The molecule has 124 valence electrons. The van der Waals surface area contributed by atoms with Crippen LogP contribution in [0.4, 0.5) is 0 Å². The van der Waals surface area contributed by atoms with E-state index in [0.717, 1.165) is 22.6 Å². The van der Waals surface area contributed by atoms with E-state index in [1.165, 1.54) is 24.6 Å². The Kier molecular flexibility index (Phi) is 4.95. The van der Waals surface area contributed by atoms with Gasteiger partial charge < -0.3 is 10.3 Å². The molecule has 1 aromatic heterocycles. The minimum atomic E-state index is -0.153. The lowest BCUT2D eigenvalue weighted by molar-refractivity contribution is -0.121. The van der Waals surface area contributed by atoms with E-state index < -0.39 is 0 Å². The molecule has 1 heterocycles. The summed E-state index contributed by atoms with van der Waals surface area (Å²) in [6.45, 7) is 6.49. The molecule has 0 saturated heterocycles. The van der Waals surface area contributed by atoms with E-state index in [1.807, 2.05) is 31.2 Å². The van der Waals surface area contributed by atoms with E-state index in [4.69, 9.17) is 0 Å². The van der Waals surface area contributed by atoms with E-state index in [2.05, 4.69) is 29.1 Å². The first kappa shape index (κ1) is 16.4. The Morgan fingerprint density at radius 3 is 2.91 bits per heavy atom. The molecule has 0 bridgehead atoms. The maximum atomic E-state index is 12.5. The van der Waals surface area contributed by atoms with Crippen LogP contribution in [0.1, 0.15) is 40.0 Å². The second-order valence-corrected chi connectivity index (χ2v) is 8.03. The van der Waals surface area contributed by atoms with Crippen molar-refractivity contribution >= 4 is 28.7 Å². The SMILES string of the molecule is C[C@@H]1[C@H](C)CCC[C@H]1NC(=O)[C@@H](C)Sc1nc2ccccc2[nH]1. The molecule has 0 radical (unpaired) electrons. The average molecular weight is 331 g/mol. The molecular formula is C18H25N3OS. The van der Waals surface area contributed by atoms with E-state index in [-0.39, 0.29) is 11.2 Å². The number of amides is 1. The molecule has 4 nitrogen and oxygen atoms in total. The Balaban J connectivity index is 1.61. The van der Waals surface area contributed by atoms with Crippen LogP contribution in [0.15, 0.2) is 29.4 Å². The van der Waals surface area contributed by atoms with E-state index in [9.17, 15) is 4.79 Å². The summed E-state index contributed by atoms with van der Waals surface area (Å²) in [6, 6.07) is 8.24. The number of imidazole rings is 1. The van der Waals surface area contributed by atoms with Gasteiger partial charge in [-0.05, 0) is 37.3 Å². The molecule has 1 amide bonds. The molecular weight excluding hydrogens is 306 g/mol. The highest BCUT2D eigenvalue weighted by molar-refractivity contribution is 8.00. The van der Waals surface area contributed by atoms with Gasteiger partial charge in [-0.3, -0.25) is 4.79 Å².